The molecule has 0 aliphatic carbocycles. The van der Waals surface area contributed by atoms with Gasteiger partial charge in [-0.25, -0.2) is 9.99 Å². The molecular weight excluding hydrogens is 419 g/mol. The molecule has 4 rings (SSSR count). The lowest BCUT2D eigenvalue weighted by Gasteiger charge is -2.26. The van der Waals surface area contributed by atoms with E-state index >= 15 is 0 Å². The normalized spacial score (nSPS) is 14.6. The van der Waals surface area contributed by atoms with Gasteiger partial charge in [0.15, 0.2) is 5.69 Å². The molecule has 1 amide bonds. The Bertz CT molecular complexity index is 1060. The number of piperidine rings is 1. The zero-order valence-electron chi connectivity index (χ0n) is 16.9. The number of rotatable bonds is 5. The molecule has 0 atom stereocenters. The Labute approximate surface area is 186 Å². The van der Waals surface area contributed by atoms with Crippen molar-refractivity contribution < 1.29 is 4.79 Å². The van der Waals surface area contributed by atoms with Crippen LogP contribution in [-0.2, 0) is 6.54 Å². The summed E-state index contributed by atoms with van der Waals surface area (Å²) in [6.45, 7) is 4.14. The number of benzene rings is 2. The Kier molecular flexibility index (Phi) is 6.42. The molecule has 1 fully saturated rings. The third-order valence-electron chi connectivity index (χ3n) is 5.45. The van der Waals surface area contributed by atoms with Gasteiger partial charge in [0.05, 0.1) is 11.6 Å². The smallest absolute Gasteiger partial charge is 0.286 e. The summed E-state index contributed by atoms with van der Waals surface area (Å²) < 4.78 is 2.01. The zero-order valence-corrected chi connectivity index (χ0v) is 18.4. The molecule has 3 aromatic rings. The molecule has 0 bridgehead atoms. The molecule has 2 aromatic carbocycles. The first kappa shape index (κ1) is 20.9. The second kappa shape index (κ2) is 9.21. The number of aromatic nitrogens is 2. The fraction of sp³-hybridized carbons (Fsp3) is 0.304. The third kappa shape index (κ3) is 4.38. The largest absolute Gasteiger partial charge is 0.323 e. The minimum Gasteiger partial charge on any atom is -0.323 e. The van der Waals surface area contributed by atoms with Gasteiger partial charge in [0.25, 0.3) is 5.91 Å². The van der Waals surface area contributed by atoms with E-state index in [1.807, 2.05) is 65.0 Å². The quantitative estimate of drug-likeness (QED) is 0.579. The van der Waals surface area contributed by atoms with E-state index in [-0.39, 0.29) is 5.91 Å². The molecule has 1 aliphatic rings. The molecule has 7 heteroatoms. The third-order valence-corrected chi connectivity index (χ3v) is 6.15. The Balaban J connectivity index is 1.74. The second-order valence-corrected chi connectivity index (χ2v) is 8.33. The van der Waals surface area contributed by atoms with Crippen LogP contribution in [0, 0.1) is 6.92 Å². The van der Waals surface area contributed by atoms with E-state index in [2.05, 4.69) is 5.43 Å². The monoisotopic (exact) mass is 442 g/mol. The van der Waals surface area contributed by atoms with Gasteiger partial charge in [0.1, 0.15) is 5.82 Å². The highest BCUT2D eigenvalue weighted by molar-refractivity contribution is 6.33. The summed E-state index contributed by atoms with van der Waals surface area (Å²) in [5.41, 5.74) is 5.94. The zero-order chi connectivity index (χ0) is 21.1. The summed E-state index contributed by atoms with van der Waals surface area (Å²) >= 11 is 12.9. The van der Waals surface area contributed by atoms with Crippen molar-refractivity contribution in [2.24, 2.45) is 0 Å². The minimum absolute atomic E-state index is 0.194. The number of nitrogens with one attached hydrogen (secondary N) is 1. The van der Waals surface area contributed by atoms with Crippen LogP contribution in [0.5, 0.6) is 0 Å². The molecule has 1 aliphatic heterocycles. The van der Waals surface area contributed by atoms with Crippen LogP contribution in [-0.4, -0.2) is 33.6 Å². The maximum Gasteiger partial charge on any atom is 0.286 e. The maximum atomic E-state index is 13.0. The van der Waals surface area contributed by atoms with Crippen molar-refractivity contribution in [3.8, 4) is 11.4 Å². The van der Waals surface area contributed by atoms with Crippen molar-refractivity contribution in [2.75, 3.05) is 13.1 Å². The Morgan fingerprint density at radius 1 is 1.00 bits per heavy atom. The van der Waals surface area contributed by atoms with Gasteiger partial charge in [-0.15, -0.1) is 0 Å². The molecule has 0 spiro atoms. The van der Waals surface area contributed by atoms with Crippen molar-refractivity contribution in [1.29, 1.82) is 0 Å². The van der Waals surface area contributed by atoms with E-state index < -0.39 is 0 Å². The molecule has 5 nitrogen and oxygen atoms in total. The first-order chi connectivity index (χ1) is 14.5. The van der Waals surface area contributed by atoms with Gasteiger partial charge in [0.2, 0.25) is 0 Å². The average Bonchev–Trinajstić information content (AvgIpc) is 3.07. The highest BCUT2D eigenvalue weighted by Crippen LogP contribution is 2.30. The lowest BCUT2D eigenvalue weighted by Crippen LogP contribution is -2.45. The van der Waals surface area contributed by atoms with Gasteiger partial charge in [0, 0.05) is 29.4 Å². The summed E-state index contributed by atoms with van der Waals surface area (Å²) in [4.78, 5) is 17.8. The topological polar surface area (TPSA) is 50.2 Å². The van der Waals surface area contributed by atoms with E-state index in [0.29, 0.717) is 28.1 Å². The highest BCUT2D eigenvalue weighted by Gasteiger charge is 2.24. The van der Waals surface area contributed by atoms with E-state index in [9.17, 15) is 4.79 Å². The number of hydrogen-bond acceptors (Lipinski definition) is 3. The van der Waals surface area contributed by atoms with E-state index in [1.54, 1.807) is 0 Å². The van der Waals surface area contributed by atoms with Gasteiger partial charge in [-0.2, -0.15) is 0 Å². The van der Waals surface area contributed by atoms with Gasteiger partial charge < -0.3 is 4.57 Å². The average molecular weight is 443 g/mol. The molecule has 1 saturated heterocycles. The van der Waals surface area contributed by atoms with Gasteiger partial charge in [-0.1, -0.05) is 60.0 Å². The Morgan fingerprint density at radius 2 is 1.67 bits per heavy atom. The van der Waals surface area contributed by atoms with Crippen molar-refractivity contribution in [3.05, 3.63) is 75.5 Å². The predicted molar refractivity (Wildman–Crippen MR) is 121 cm³/mol. The number of hydrazine groups is 1. The van der Waals surface area contributed by atoms with Crippen LogP contribution in [0.1, 0.15) is 41.0 Å². The van der Waals surface area contributed by atoms with Crippen molar-refractivity contribution in [1.82, 2.24) is 20.0 Å². The molecule has 0 radical (unpaired) electrons. The maximum absolute atomic E-state index is 13.0. The molecule has 2 heterocycles. The van der Waals surface area contributed by atoms with E-state index in [4.69, 9.17) is 28.2 Å². The van der Waals surface area contributed by atoms with Gasteiger partial charge in [-0.05, 0) is 43.5 Å². The molecule has 1 aromatic heterocycles. The van der Waals surface area contributed by atoms with E-state index in [0.717, 1.165) is 42.8 Å². The van der Waals surface area contributed by atoms with Gasteiger partial charge in [-0.3, -0.25) is 10.2 Å². The Hall–Kier alpha value is -2.34. The van der Waals surface area contributed by atoms with Crippen LogP contribution in [0.15, 0.2) is 48.5 Å². The SMILES string of the molecule is Cc1c(C(=O)NN2CCCCC2)nc(-c2ccccc2Cl)n1Cc1ccccc1Cl. The van der Waals surface area contributed by atoms with Crippen molar-refractivity contribution >= 4 is 29.1 Å². The standard InChI is InChI=1S/C23H24Cl2N4O/c1-16-21(23(30)27-28-13-7-2-8-14-28)26-22(18-10-4-6-12-20(18)25)29(16)15-17-9-3-5-11-19(17)24/h3-6,9-12H,2,7-8,13-15H2,1H3,(H,27,30). The minimum atomic E-state index is -0.194. The summed E-state index contributed by atoms with van der Waals surface area (Å²) in [5, 5.41) is 3.24. The summed E-state index contributed by atoms with van der Waals surface area (Å²) in [5.74, 6) is 0.461. The number of carbonyl (C=O) groups is 1. The lowest BCUT2D eigenvalue weighted by molar-refractivity contribution is 0.0744. The molecule has 1 N–H and O–H groups in total. The van der Waals surface area contributed by atoms with Crippen molar-refractivity contribution in [2.45, 2.75) is 32.7 Å². The second-order valence-electron chi connectivity index (χ2n) is 7.52. The van der Waals surface area contributed by atoms with Crippen molar-refractivity contribution in [3.63, 3.8) is 0 Å². The first-order valence-electron chi connectivity index (χ1n) is 10.2. The Morgan fingerprint density at radius 3 is 2.37 bits per heavy atom. The molecule has 156 valence electrons. The number of carbonyl (C=O) groups excluding carboxylic acids is 1. The summed E-state index contributed by atoms with van der Waals surface area (Å²) in [7, 11) is 0. The predicted octanol–water partition coefficient (Wildman–Crippen LogP) is 5.34. The number of amides is 1. The van der Waals surface area contributed by atoms with Crippen LogP contribution in [0.25, 0.3) is 11.4 Å². The van der Waals surface area contributed by atoms with Gasteiger partial charge >= 0.3 is 0 Å². The molecular formula is C23H24Cl2N4O. The summed E-state index contributed by atoms with van der Waals surface area (Å²) in [6.07, 6.45) is 3.38. The molecule has 0 saturated carbocycles. The first-order valence-corrected chi connectivity index (χ1v) is 10.9. The lowest BCUT2D eigenvalue weighted by atomic mass is 10.2. The van der Waals surface area contributed by atoms with Crippen LogP contribution >= 0.6 is 23.2 Å². The van der Waals surface area contributed by atoms with Crippen LogP contribution < -0.4 is 5.43 Å². The molecule has 30 heavy (non-hydrogen) atoms. The van der Waals surface area contributed by atoms with Crippen LogP contribution in [0.2, 0.25) is 10.0 Å². The number of halogens is 2. The fourth-order valence-electron chi connectivity index (χ4n) is 3.79. The fourth-order valence-corrected chi connectivity index (χ4v) is 4.21. The molecule has 0 unspecified atom stereocenters. The number of imidazole rings is 1. The number of hydrogen-bond donors (Lipinski definition) is 1. The van der Waals surface area contributed by atoms with E-state index in [1.165, 1.54) is 6.42 Å². The summed E-state index contributed by atoms with van der Waals surface area (Å²) in [6, 6.07) is 15.2. The highest BCUT2D eigenvalue weighted by atomic mass is 35.5. The van der Waals surface area contributed by atoms with Crippen LogP contribution in [0.4, 0.5) is 0 Å². The number of nitrogens with zero attached hydrogens (tertiary/aromatic N) is 3. The van der Waals surface area contributed by atoms with Crippen LogP contribution in [0.3, 0.4) is 0 Å².